The highest BCUT2D eigenvalue weighted by Crippen LogP contribution is 2.43. The number of carboxylic acid groups (broad SMARTS) is 1. The number of rotatable bonds is 4. The molecular weight excluding hydrogens is 401 g/mol. The van der Waals surface area contributed by atoms with Crippen LogP contribution in [-0.4, -0.2) is 27.9 Å². The number of aromatic carboxylic acids is 1. The third-order valence-corrected chi connectivity index (χ3v) is 5.06. The van der Waals surface area contributed by atoms with E-state index < -0.39 is 35.3 Å². The summed E-state index contributed by atoms with van der Waals surface area (Å²) in [5, 5.41) is 20.2. The lowest BCUT2D eigenvalue weighted by Gasteiger charge is -2.26. The summed E-state index contributed by atoms with van der Waals surface area (Å²) >= 11 is 0. The smallest absolute Gasteiger partial charge is 0.335 e. The van der Waals surface area contributed by atoms with Gasteiger partial charge in [0, 0.05) is 16.8 Å². The zero-order valence-corrected chi connectivity index (χ0v) is 16.0. The highest BCUT2D eigenvalue weighted by Gasteiger charge is 2.47. The van der Waals surface area contributed by atoms with Crippen LogP contribution in [0.3, 0.4) is 0 Å². The average Bonchev–Trinajstić information content (AvgIpc) is 3.04. The molecule has 1 fully saturated rings. The average molecular weight is 417 g/mol. The minimum Gasteiger partial charge on any atom is -0.507 e. The molecule has 0 bridgehead atoms. The Labute approximate surface area is 176 Å². The molecule has 0 saturated carbocycles. The van der Waals surface area contributed by atoms with Gasteiger partial charge in [-0.1, -0.05) is 54.6 Å². The Morgan fingerprint density at radius 1 is 0.839 bits per heavy atom. The van der Waals surface area contributed by atoms with Crippen LogP contribution in [0.5, 0.6) is 0 Å². The van der Waals surface area contributed by atoms with Gasteiger partial charge >= 0.3 is 5.97 Å². The summed E-state index contributed by atoms with van der Waals surface area (Å²) < 4.78 is 14.8. The highest BCUT2D eigenvalue weighted by molar-refractivity contribution is 6.51. The van der Waals surface area contributed by atoms with Gasteiger partial charge in [-0.05, 0) is 24.3 Å². The van der Waals surface area contributed by atoms with Crippen molar-refractivity contribution in [2.24, 2.45) is 0 Å². The zero-order chi connectivity index (χ0) is 22.1. The molecule has 0 radical (unpaired) electrons. The molecule has 1 saturated heterocycles. The fraction of sp³-hybridized carbons (Fsp3) is 0.0417. The largest absolute Gasteiger partial charge is 0.507 e. The number of anilines is 1. The van der Waals surface area contributed by atoms with E-state index in [0.717, 1.165) is 4.90 Å². The van der Waals surface area contributed by atoms with E-state index in [4.69, 9.17) is 0 Å². The van der Waals surface area contributed by atoms with Crippen molar-refractivity contribution in [3.63, 3.8) is 0 Å². The molecule has 3 aromatic rings. The van der Waals surface area contributed by atoms with E-state index in [1.807, 2.05) is 0 Å². The van der Waals surface area contributed by atoms with Crippen LogP contribution in [0, 0.1) is 5.82 Å². The van der Waals surface area contributed by atoms with Gasteiger partial charge in [-0.2, -0.15) is 0 Å². The number of Topliss-reactive ketones (excluding diaryl/α,β-unsaturated/α-hetero) is 1. The standard InChI is InChI=1S/C24H16FNO5/c25-18-12-5-4-11-17(18)20-19(21(27)14-7-2-1-3-8-14)22(28)23(29)26(20)16-10-6-9-15(13-16)24(30)31/h1-13,20,27H,(H,30,31)/b21-19+/t20-/m1/s1. The SMILES string of the molecule is O=C1C(=O)N(c2cccc(C(=O)O)c2)[C@H](c2ccccc2F)/C1=C(\O)c1ccccc1. The predicted octanol–water partition coefficient (Wildman–Crippen LogP) is 4.15. The molecule has 1 amide bonds. The Balaban J connectivity index is 1.98. The summed E-state index contributed by atoms with van der Waals surface area (Å²) in [4.78, 5) is 38.4. The summed E-state index contributed by atoms with van der Waals surface area (Å²) in [7, 11) is 0. The maximum absolute atomic E-state index is 14.8. The van der Waals surface area contributed by atoms with Crippen LogP contribution in [0.15, 0.2) is 84.4 Å². The molecule has 0 spiro atoms. The van der Waals surface area contributed by atoms with Gasteiger partial charge in [0.05, 0.1) is 17.2 Å². The summed E-state index contributed by atoms with van der Waals surface area (Å²) in [5.41, 5.74) is 0.0140. The Bertz CT molecular complexity index is 1240. The molecule has 1 aliphatic rings. The molecule has 7 heteroatoms. The van der Waals surface area contributed by atoms with Crippen LogP contribution in [0.4, 0.5) is 10.1 Å². The maximum Gasteiger partial charge on any atom is 0.335 e. The van der Waals surface area contributed by atoms with Crippen molar-refractivity contribution in [2.75, 3.05) is 4.90 Å². The summed E-state index contributed by atoms with van der Waals surface area (Å²) in [6.45, 7) is 0. The van der Waals surface area contributed by atoms with Crippen molar-refractivity contribution in [1.82, 2.24) is 0 Å². The molecule has 0 unspecified atom stereocenters. The number of ketones is 1. The monoisotopic (exact) mass is 417 g/mol. The number of carbonyl (C=O) groups is 3. The van der Waals surface area contributed by atoms with E-state index in [0.29, 0.717) is 5.56 Å². The van der Waals surface area contributed by atoms with Gasteiger partial charge in [0.15, 0.2) is 0 Å². The lowest BCUT2D eigenvalue weighted by molar-refractivity contribution is -0.132. The molecule has 31 heavy (non-hydrogen) atoms. The Kier molecular flexibility index (Phi) is 5.09. The minimum absolute atomic E-state index is 0.0000841. The van der Waals surface area contributed by atoms with Crippen molar-refractivity contribution < 1.29 is 29.0 Å². The van der Waals surface area contributed by atoms with Crippen molar-refractivity contribution in [1.29, 1.82) is 0 Å². The van der Waals surface area contributed by atoms with Crippen molar-refractivity contribution in [3.8, 4) is 0 Å². The van der Waals surface area contributed by atoms with E-state index >= 15 is 0 Å². The van der Waals surface area contributed by atoms with Crippen LogP contribution in [0.25, 0.3) is 5.76 Å². The molecule has 0 aliphatic carbocycles. The molecule has 154 valence electrons. The highest BCUT2D eigenvalue weighted by atomic mass is 19.1. The topological polar surface area (TPSA) is 94.9 Å². The lowest BCUT2D eigenvalue weighted by Crippen LogP contribution is -2.30. The van der Waals surface area contributed by atoms with Gasteiger partial charge in [-0.15, -0.1) is 0 Å². The van der Waals surface area contributed by atoms with Crippen LogP contribution in [-0.2, 0) is 9.59 Å². The third kappa shape index (κ3) is 3.46. The normalized spacial score (nSPS) is 17.7. The van der Waals surface area contributed by atoms with Gasteiger partial charge in [-0.25, -0.2) is 9.18 Å². The molecule has 1 heterocycles. The number of carbonyl (C=O) groups excluding carboxylic acids is 2. The Morgan fingerprint density at radius 3 is 2.16 bits per heavy atom. The van der Waals surface area contributed by atoms with Gasteiger partial charge in [0.1, 0.15) is 11.6 Å². The number of aliphatic hydroxyl groups is 1. The molecule has 4 rings (SSSR count). The van der Waals surface area contributed by atoms with E-state index in [9.17, 15) is 29.0 Å². The first-order valence-electron chi connectivity index (χ1n) is 9.34. The molecular formula is C24H16FNO5. The molecule has 2 N–H and O–H groups in total. The predicted molar refractivity (Wildman–Crippen MR) is 111 cm³/mol. The van der Waals surface area contributed by atoms with E-state index in [2.05, 4.69) is 0 Å². The summed E-state index contributed by atoms with van der Waals surface area (Å²) in [5.74, 6) is -4.31. The number of benzene rings is 3. The maximum atomic E-state index is 14.8. The molecule has 6 nitrogen and oxygen atoms in total. The zero-order valence-electron chi connectivity index (χ0n) is 16.0. The molecule has 1 aliphatic heterocycles. The van der Waals surface area contributed by atoms with Gasteiger partial charge in [-0.3, -0.25) is 14.5 Å². The fourth-order valence-electron chi connectivity index (χ4n) is 3.63. The quantitative estimate of drug-likeness (QED) is 0.378. The van der Waals surface area contributed by atoms with Crippen LogP contribution in [0.2, 0.25) is 0 Å². The number of hydrogen-bond acceptors (Lipinski definition) is 4. The number of aliphatic hydroxyl groups excluding tert-OH is 1. The second kappa shape index (κ2) is 7.87. The number of nitrogens with zero attached hydrogens (tertiary/aromatic N) is 1. The first-order chi connectivity index (χ1) is 14.9. The van der Waals surface area contributed by atoms with E-state index in [1.165, 1.54) is 42.5 Å². The second-order valence-corrected chi connectivity index (χ2v) is 6.91. The number of carboxylic acids is 1. The summed E-state index contributed by atoms with van der Waals surface area (Å²) in [6, 6.07) is 17.9. The number of amides is 1. The van der Waals surface area contributed by atoms with Gasteiger partial charge in [0.2, 0.25) is 0 Å². The first-order valence-corrected chi connectivity index (χ1v) is 9.34. The van der Waals surface area contributed by atoms with Gasteiger partial charge < -0.3 is 10.2 Å². The molecule has 0 aromatic heterocycles. The van der Waals surface area contributed by atoms with Crippen LogP contribution >= 0.6 is 0 Å². The lowest BCUT2D eigenvalue weighted by atomic mass is 9.94. The molecule has 1 atom stereocenters. The fourth-order valence-corrected chi connectivity index (χ4v) is 3.63. The number of hydrogen-bond donors (Lipinski definition) is 2. The summed E-state index contributed by atoms with van der Waals surface area (Å²) in [6.07, 6.45) is 0. The van der Waals surface area contributed by atoms with E-state index in [-0.39, 0.29) is 22.4 Å². The molecule has 3 aromatic carbocycles. The third-order valence-electron chi connectivity index (χ3n) is 5.06. The van der Waals surface area contributed by atoms with E-state index in [1.54, 1.807) is 36.4 Å². The van der Waals surface area contributed by atoms with Crippen molar-refractivity contribution >= 4 is 29.1 Å². The first kappa shape index (κ1) is 20.0. The van der Waals surface area contributed by atoms with Crippen molar-refractivity contribution in [3.05, 3.63) is 107 Å². The van der Waals surface area contributed by atoms with Crippen LogP contribution < -0.4 is 4.90 Å². The Morgan fingerprint density at radius 2 is 1.48 bits per heavy atom. The number of halogens is 1. The van der Waals surface area contributed by atoms with Crippen molar-refractivity contribution in [2.45, 2.75) is 6.04 Å². The second-order valence-electron chi connectivity index (χ2n) is 6.91. The minimum atomic E-state index is -1.27. The van der Waals surface area contributed by atoms with Gasteiger partial charge in [0.25, 0.3) is 11.7 Å². The van der Waals surface area contributed by atoms with Crippen LogP contribution in [0.1, 0.15) is 27.5 Å². The Hall–Kier alpha value is -4.26.